The van der Waals surface area contributed by atoms with E-state index in [4.69, 9.17) is 4.74 Å². The van der Waals surface area contributed by atoms with E-state index in [1.807, 2.05) is 6.20 Å². The van der Waals surface area contributed by atoms with Crippen molar-refractivity contribution in [3.63, 3.8) is 0 Å². The highest BCUT2D eigenvalue weighted by atomic mass is 16.5. The second-order valence-electron chi connectivity index (χ2n) is 5.29. The van der Waals surface area contributed by atoms with Gasteiger partial charge in [0.25, 0.3) is 0 Å². The van der Waals surface area contributed by atoms with Crippen LogP contribution in [0.2, 0.25) is 0 Å². The first-order valence-corrected chi connectivity index (χ1v) is 7.09. The van der Waals surface area contributed by atoms with E-state index in [0.717, 1.165) is 19.7 Å². The normalized spacial score (nSPS) is 21.0. The van der Waals surface area contributed by atoms with Crippen LogP contribution in [0.15, 0.2) is 30.5 Å². The van der Waals surface area contributed by atoms with Gasteiger partial charge in [0.15, 0.2) is 0 Å². The van der Waals surface area contributed by atoms with Crippen LogP contribution in [-0.2, 0) is 4.74 Å². The molecule has 0 saturated carbocycles. The highest BCUT2D eigenvalue weighted by Gasteiger charge is 2.15. The maximum atomic E-state index is 5.61. The van der Waals surface area contributed by atoms with Crippen molar-refractivity contribution in [1.82, 2.24) is 15.1 Å². The van der Waals surface area contributed by atoms with Gasteiger partial charge < -0.3 is 10.1 Å². The Morgan fingerprint density at radius 1 is 1.47 bits per heavy atom. The first-order chi connectivity index (χ1) is 9.34. The van der Waals surface area contributed by atoms with Crippen molar-refractivity contribution in [2.45, 2.75) is 31.9 Å². The summed E-state index contributed by atoms with van der Waals surface area (Å²) >= 11 is 0. The van der Waals surface area contributed by atoms with Crippen molar-refractivity contribution in [2.75, 3.05) is 19.7 Å². The summed E-state index contributed by atoms with van der Waals surface area (Å²) in [4.78, 5) is 0. The van der Waals surface area contributed by atoms with Crippen LogP contribution >= 0.6 is 0 Å². The van der Waals surface area contributed by atoms with Crippen LogP contribution in [-0.4, -0.2) is 35.6 Å². The van der Waals surface area contributed by atoms with Gasteiger partial charge in [0.1, 0.15) is 0 Å². The number of para-hydroxylation sites is 1. The molecule has 0 spiro atoms. The van der Waals surface area contributed by atoms with Crippen molar-refractivity contribution < 1.29 is 4.74 Å². The average molecular weight is 259 g/mol. The highest BCUT2D eigenvalue weighted by molar-refractivity contribution is 5.78. The fraction of sp³-hybridized carbons (Fsp3) is 0.533. The minimum absolute atomic E-state index is 0.348. The van der Waals surface area contributed by atoms with E-state index in [1.165, 1.54) is 23.7 Å². The molecular weight excluding hydrogens is 238 g/mol. The lowest BCUT2D eigenvalue weighted by atomic mass is 10.2. The molecule has 1 saturated heterocycles. The molecule has 1 aliphatic rings. The topological polar surface area (TPSA) is 39.1 Å². The van der Waals surface area contributed by atoms with Crippen LogP contribution in [0.3, 0.4) is 0 Å². The molecule has 0 aliphatic carbocycles. The Hall–Kier alpha value is -1.39. The molecule has 1 fully saturated rings. The van der Waals surface area contributed by atoms with E-state index < -0.39 is 0 Å². The molecular formula is C15H21N3O. The number of hydrogen-bond donors (Lipinski definition) is 1. The molecule has 2 atom stereocenters. The quantitative estimate of drug-likeness (QED) is 0.896. The van der Waals surface area contributed by atoms with E-state index in [-0.39, 0.29) is 0 Å². The first-order valence-electron chi connectivity index (χ1n) is 7.09. The first kappa shape index (κ1) is 12.6. The van der Waals surface area contributed by atoms with E-state index in [1.54, 1.807) is 0 Å². The maximum Gasteiger partial charge on any atom is 0.0700 e. The molecule has 1 N–H and O–H groups in total. The van der Waals surface area contributed by atoms with Gasteiger partial charge in [-0.2, -0.15) is 5.10 Å². The Morgan fingerprint density at radius 2 is 2.37 bits per heavy atom. The lowest BCUT2D eigenvalue weighted by Crippen LogP contribution is -2.31. The molecule has 0 bridgehead atoms. The number of rotatable bonds is 5. The summed E-state index contributed by atoms with van der Waals surface area (Å²) in [6.07, 6.45) is 4.73. The smallest absolute Gasteiger partial charge is 0.0700 e. The Labute approximate surface area is 113 Å². The number of nitrogens with zero attached hydrogens (tertiary/aromatic N) is 2. The Morgan fingerprint density at radius 3 is 3.21 bits per heavy atom. The van der Waals surface area contributed by atoms with E-state index in [9.17, 15) is 0 Å². The Balaban J connectivity index is 1.58. The van der Waals surface area contributed by atoms with Crippen LogP contribution in [0.25, 0.3) is 10.9 Å². The second kappa shape index (κ2) is 5.72. The maximum absolute atomic E-state index is 5.61. The fourth-order valence-electron chi connectivity index (χ4n) is 2.69. The summed E-state index contributed by atoms with van der Waals surface area (Å²) in [5.41, 5.74) is 1.20. The van der Waals surface area contributed by atoms with Gasteiger partial charge in [0.05, 0.1) is 23.9 Å². The van der Waals surface area contributed by atoms with Gasteiger partial charge in [-0.25, -0.2) is 0 Å². The average Bonchev–Trinajstić information content (AvgIpc) is 3.07. The van der Waals surface area contributed by atoms with Crippen molar-refractivity contribution in [3.8, 4) is 0 Å². The van der Waals surface area contributed by atoms with Crippen LogP contribution < -0.4 is 5.32 Å². The minimum Gasteiger partial charge on any atom is -0.377 e. The molecule has 3 rings (SSSR count). The largest absolute Gasteiger partial charge is 0.377 e. The van der Waals surface area contributed by atoms with Gasteiger partial charge in [-0.1, -0.05) is 18.2 Å². The number of benzene rings is 1. The fourth-order valence-corrected chi connectivity index (χ4v) is 2.69. The summed E-state index contributed by atoms with van der Waals surface area (Å²) in [5.74, 6) is 0. The number of hydrogen-bond acceptors (Lipinski definition) is 3. The lowest BCUT2D eigenvalue weighted by molar-refractivity contribution is 0.109. The highest BCUT2D eigenvalue weighted by Crippen LogP contribution is 2.17. The standard InChI is InChI=1S/C15H21N3O/c1-12(9-16-11-14-6-4-8-19-14)18-15-7-3-2-5-13(15)10-17-18/h2-3,5,7,10,12,14,16H,4,6,8-9,11H2,1H3. The molecule has 2 heterocycles. The van der Waals surface area contributed by atoms with E-state index in [2.05, 4.69) is 46.3 Å². The zero-order valence-corrected chi connectivity index (χ0v) is 11.4. The number of fused-ring (bicyclic) bond motifs is 1. The van der Waals surface area contributed by atoms with E-state index in [0.29, 0.717) is 12.1 Å². The molecule has 2 aromatic rings. The molecule has 4 heteroatoms. The van der Waals surface area contributed by atoms with Gasteiger partial charge >= 0.3 is 0 Å². The second-order valence-corrected chi connectivity index (χ2v) is 5.29. The number of ether oxygens (including phenoxy) is 1. The zero-order chi connectivity index (χ0) is 13.1. The molecule has 0 radical (unpaired) electrons. The molecule has 4 nitrogen and oxygen atoms in total. The van der Waals surface area contributed by atoms with Crippen LogP contribution in [0, 0.1) is 0 Å². The summed E-state index contributed by atoms with van der Waals surface area (Å²) < 4.78 is 7.71. The van der Waals surface area contributed by atoms with Crippen molar-refractivity contribution in [3.05, 3.63) is 30.5 Å². The van der Waals surface area contributed by atoms with Gasteiger partial charge in [0, 0.05) is 25.1 Å². The SMILES string of the molecule is CC(CNCC1CCCO1)n1ncc2ccccc21. The Kier molecular flexibility index (Phi) is 3.80. The van der Waals surface area contributed by atoms with Crippen LogP contribution in [0.1, 0.15) is 25.8 Å². The van der Waals surface area contributed by atoms with Gasteiger partial charge in [-0.05, 0) is 25.8 Å². The Bertz CT molecular complexity index is 531. The summed E-state index contributed by atoms with van der Waals surface area (Å²) in [6.45, 7) is 4.99. The van der Waals surface area contributed by atoms with Crippen LogP contribution in [0.5, 0.6) is 0 Å². The predicted molar refractivity (Wildman–Crippen MR) is 76.3 cm³/mol. The third-order valence-electron chi connectivity index (χ3n) is 3.76. The number of nitrogens with one attached hydrogen (secondary N) is 1. The molecule has 2 unspecified atom stereocenters. The number of aromatic nitrogens is 2. The molecule has 0 amide bonds. The summed E-state index contributed by atoms with van der Waals surface area (Å²) in [6, 6.07) is 8.69. The monoisotopic (exact) mass is 259 g/mol. The molecule has 1 aliphatic heterocycles. The van der Waals surface area contributed by atoms with Crippen molar-refractivity contribution >= 4 is 10.9 Å². The lowest BCUT2D eigenvalue weighted by Gasteiger charge is -2.16. The molecule has 19 heavy (non-hydrogen) atoms. The van der Waals surface area contributed by atoms with Crippen molar-refractivity contribution in [2.24, 2.45) is 0 Å². The third-order valence-corrected chi connectivity index (χ3v) is 3.76. The molecule has 1 aromatic heterocycles. The van der Waals surface area contributed by atoms with Gasteiger partial charge in [0.2, 0.25) is 0 Å². The van der Waals surface area contributed by atoms with Crippen molar-refractivity contribution in [1.29, 1.82) is 0 Å². The zero-order valence-electron chi connectivity index (χ0n) is 11.4. The minimum atomic E-state index is 0.348. The van der Waals surface area contributed by atoms with Gasteiger partial charge in [-0.3, -0.25) is 4.68 Å². The predicted octanol–water partition coefficient (Wildman–Crippen LogP) is 2.37. The third kappa shape index (κ3) is 2.80. The summed E-state index contributed by atoms with van der Waals surface area (Å²) in [7, 11) is 0. The van der Waals surface area contributed by atoms with Crippen LogP contribution in [0.4, 0.5) is 0 Å². The van der Waals surface area contributed by atoms with Gasteiger partial charge in [-0.15, -0.1) is 0 Å². The molecule has 1 aromatic carbocycles. The molecule has 102 valence electrons. The van der Waals surface area contributed by atoms with E-state index >= 15 is 0 Å². The summed E-state index contributed by atoms with van der Waals surface area (Å²) in [5, 5.41) is 9.19.